The highest BCUT2D eigenvalue weighted by molar-refractivity contribution is 5.68. The van der Waals surface area contributed by atoms with Crippen LogP contribution in [0, 0.1) is 0 Å². The first-order valence-corrected chi connectivity index (χ1v) is 5.81. The monoisotopic (exact) mass is 239 g/mol. The number of furan rings is 1. The molecule has 2 rings (SSSR count). The van der Waals surface area contributed by atoms with Gasteiger partial charge in [0.2, 0.25) is 0 Å². The Morgan fingerprint density at radius 1 is 1.53 bits per heavy atom. The molecule has 17 heavy (non-hydrogen) atoms. The average molecular weight is 239 g/mol. The van der Waals surface area contributed by atoms with E-state index >= 15 is 0 Å². The molecule has 0 amide bonds. The summed E-state index contributed by atoms with van der Waals surface area (Å²) >= 11 is 0. The van der Waals surface area contributed by atoms with Crippen LogP contribution in [0.5, 0.6) is 0 Å². The van der Waals surface area contributed by atoms with Gasteiger partial charge in [0.05, 0.1) is 18.6 Å². The van der Waals surface area contributed by atoms with Gasteiger partial charge in [-0.15, -0.1) is 0 Å². The molecule has 0 aromatic carbocycles. The van der Waals surface area contributed by atoms with E-state index < -0.39 is 5.97 Å². The van der Waals surface area contributed by atoms with E-state index in [-0.39, 0.29) is 12.7 Å². The van der Waals surface area contributed by atoms with Gasteiger partial charge in [-0.3, -0.25) is 4.90 Å². The number of rotatable bonds is 5. The predicted molar refractivity (Wildman–Crippen MR) is 60.6 cm³/mol. The number of carboxylic acids is 1. The van der Waals surface area contributed by atoms with Crippen LogP contribution >= 0.6 is 0 Å². The predicted octanol–water partition coefficient (Wildman–Crippen LogP) is 1.35. The van der Waals surface area contributed by atoms with Gasteiger partial charge in [0.25, 0.3) is 0 Å². The van der Waals surface area contributed by atoms with Gasteiger partial charge in [0.15, 0.2) is 0 Å². The van der Waals surface area contributed by atoms with E-state index in [0.29, 0.717) is 0 Å². The minimum atomic E-state index is -0.897. The van der Waals surface area contributed by atoms with Gasteiger partial charge in [-0.25, -0.2) is 4.79 Å². The number of carbonyl (C=O) groups is 1. The van der Waals surface area contributed by atoms with Crippen LogP contribution in [0.4, 0.5) is 0 Å². The van der Waals surface area contributed by atoms with Crippen molar-refractivity contribution in [3.05, 3.63) is 24.2 Å². The van der Waals surface area contributed by atoms with Crippen molar-refractivity contribution in [3.8, 4) is 0 Å². The van der Waals surface area contributed by atoms with Crippen molar-refractivity contribution in [3.63, 3.8) is 0 Å². The van der Waals surface area contributed by atoms with Gasteiger partial charge >= 0.3 is 5.97 Å². The largest absolute Gasteiger partial charge is 0.480 e. The molecule has 1 aliphatic heterocycles. The maximum Gasteiger partial charge on any atom is 0.329 e. The molecule has 1 aromatic heterocycles. The lowest BCUT2D eigenvalue weighted by atomic mass is 10.1. The van der Waals surface area contributed by atoms with Crippen LogP contribution < -0.4 is 0 Å². The molecular formula is C12H17NO4. The van der Waals surface area contributed by atoms with Crippen molar-refractivity contribution >= 4 is 5.97 Å². The summed E-state index contributed by atoms with van der Waals surface area (Å²) in [5.74, 6) is -0.897. The quantitative estimate of drug-likeness (QED) is 0.840. The van der Waals surface area contributed by atoms with Crippen LogP contribution in [0.1, 0.15) is 18.4 Å². The standard InChI is InChI=1S/C12H17NO4/c14-12(15)9-17-11-1-4-13(5-2-11)7-10-3-6-16-8-10/h3,6,8,11H,1-2,4-5,7,9H2,(H,14,15). The van der Waals surface area contributed by atoms with Gasteiger partial charge in [-0.1, -0.05) is 0 Å². The lowest BCUT2D eigenvalue weighted by Crippen LogP contribution is -2.37. The topological polar surface area (TPSA) is 62.9 Å². The van der Waals surface area contributed by atoms with Crippen molar-refractivity contribution in [1.29, 1.82) is 0 Å². The fraction of sp³-hybridized carbons (Fsp3) is 0.583. The summed E-state index contributed by atoms with van der Waals surface area (Å²) in [5.41, 5.74) is 1.18. The first-order chi connectivity index (χ1) is 8.24. The second-order valence-electron chi connectivity index (χ2n) is 4.31. The molecule has 0 saturated carbocycles. The Morgan fingerprint density at radius 3 is 2.88 bits per heavy atom. The SMILES string of the molecule is O=C(O)COC1CCN(Cc2ccoc2)CC1. The van der Waals surface area contributed by atoms with Crippen molar-refractivity contribution in [2.24, 2.45) is 0 Å². The van der Waals surface area contributed by atoms with E-state index in [0.717, 1.165) is 32.5 Å². The van der Waals surface area contributed by atoms with E-state index in [2.05, 4.69) is 4.90 Å². The molecule has 94 valence electrons. The number of carboxylic acid groups (broad SMARTS) is 1. The summed E-state index contributed by atoms with van der Waals surface area (Å²) in [5, 5.41) is 8.52. The normalized spacial score (nSPS) is 18.4. The third kappa shape index (κ3) is 3.87. The zero-order valence-corrected chi connectivity index (χ0v) is 9.67. The Bertz CT molecular complexity index is 341. The first kappa shape index (κ1) is 12.1. The second kappa shape index (κ2) is 5.84. The van der Waals surface area contributed by atoms with E-state index in [1.807, 2.05) is 6.07 Å². The summed E-state index contributed by atoms with van der Waals surface area (Å²) in [6.45, 7) is 2.58. The first-order valence-electron chi connectivity index (χ1n) is 5.81. The Labute approximate surface area is 100.0 Å². The maximum atomic E-state index is 10.4. The molecule has 5 heteroatoms. The average Bonchev–Trinajstić information content (AvgIpc) is 2.81. The molecular weight excluding hydrogens is 222 g/mol. The Balaban J connectivity index is 1.69. The van der Waals surface area contributed by atoms with Gasteiger partial charge < -0.3 is 14.3 Å². The zero-order valence-electron chi connectivity index (χ0n) is 9.67. The van der Waals surface area contributed by atoms with Crippen LogP contribution in [-0.2, 0) is 16.1 Å². The third-order valence-electron chi connectivity index (χ3n) is 2.96. The third-order valence-corrected chi connectivity index (χ3v) is 2.96. The van der Waals surface area contributed by atoms with Crippen LogP contribution in [0.25, 0.3) is 0 Å². The molecule has 1 fully saturated rings. The summed E-state index contributed by atoms with van der Waals surface area (Å²) in [4.78, 5) is 12.7. The highest BCUT2D eigenvalue weighted by Crippen LogP contribution is 2.16. The number of likely N-dealkylation sites (tertiary alicyclic amines) is 1. The minimum absolute atomic E-state index is 0.0895. The number of hydrogen-bond acceptors (Lipinski definition) is 4. The Hall–Kier alpha value is -1.33. The molecule has 0 bridgehead atoms. The smallest absolute Gasteiger partial charge is 0.329 e. The molecule has 0 radical (unpaired) electrons. The summed E-state index contributed by atoms with van der Waals surface area (Å²) in [6, 6.07) is 1.97. The fourth-order valence-electron chi connectivity index (χ4n) is 2.06. The van der Waals surface area contributed by atoms with Crippen LogP contribution in [-0.4, -0.2) is 41.8 Å². The summed E-state index contributed by atoms with van der Waals surface area (Å²) < 4.78 is 10.3. The number of piperidine rings is 1. The lowest BCUT2D eigenvalue weighted by Gasteiger charge is -2.31. The molecule has 1 N–H and O–H groups in total. The summed E-state index contributed by atoms with van der Waals surface area (Å²) in [7, 11) is 0. The van der Waals surface area contributed by atoms with Crippen LogP contribution in [0.15, 0.2) is 23.0 Å². The minimum Gasteiger partial charge on any atom is -0.480 e. The molecule has 1 saturated heterocycles. The second-order valence-corrected chi connectivity index (χ2v) is 4.31. The number of nitrogens with zero attached hydrogens (tertiary/aromatic N) is 1. The van der Waals surface area contributed by atoms with E-state index in [1.54, 1.807) is 12.5 Å². The van der Waals surface area contributed by atoms with Crippen molar-refractivity contribution < 1.29 is 19.1 Å². The van der Waals surface area contributed by atoms with Gasteiger partial charge in [-0.2, -0.15) is 0 Å². The molecule has 0 atom stereocenters. The number of aliphatic carboxylic acids is 1. The lowest BCUT2D eigenvalue weighted by molar-refractivity contribution is -0.145. The van der Waals surface area contributed by atoms with E-state index in [1.165, 1.54) is 5.56 Å². The van der Waals surface area contributed by atoms with Gasteiger partial charge in [0, 0.05) is 25.2 Å². The van der Waals surface area contributed by atoms with Crippen LogP contribution in [0.3, 0.4) is 0 Å². The Kier molecular flexibility index (Phi) is 4.17. The zero-order chi connectivity index (χ0) is 12.1. The fourth-order valence-corrected chi connectivity index (χ4v) is 2.06. The molecule has 5 nitrogen and oxygen atoms in total. The highest BCUT2D eigenvalue weighted by Gasteiger charge is 2.20. The molecule has 1 aromatic rings. The number of ether oxygens (including phenoxy) is 1. The van der Waals surface area contributed by atoms with Crippen LogP contribution in [0.2, 0.25) is 0 Å². The molecule has 0 unspecified atom stereocenters. The molecule has 2 heterocycles. The summed E-state index contributed by atoms with van der Waals surface area (Å²) in [6.07, 6.45) is 5.31. The Morgan fingerprint density at radius 2 is 2.29 bits per heavy atom. The van der Waals surface area contributed by atoms with Crippen molar-refractivity contribution in [1.82, 2.24) is 4.90 Å². The van der Waals surface area contributed by atoms with Gasteiger partial charge in [0.1, 0.15) is 6.61 Å². The highest BCUT2D eigenvalue weighted by atomic mass is 16.5. The maximum absolute atomic E-state index is 10.4. The molecule has 1 aliphatic rings. The molecule has 0 aliphatic carbocycles. The van der Waals surface area contributed by atoms with E-state index in [4.69, 9.17) is 14.3 Å². The molecule has 0 spiro atoms. The number of hydrogen-bond donors (Lipinski definition) is 1. The van der Waals surface area contributed by atoms with Crippen molar-refractivity contribution in [2.45, 2.75) is 25.5 Å². The van der Waals surface area contributed by atoms with E-state index in [9.17, 15) is 4.79 Å². The van der Waals surface area contributed by atoms with Crippen molar-refractivity contribution in [2.75, 3.05) is 19.7 Å². The van der Waals surface area contributed by atoms with Gasteiger partial charge in [-0.05, 0) is 18.9 Å².